The van der Waals surface area contributed by atoms with E-state index >= 15 is 0 Å². The largest absolute Gasteiger partial charge is 0.467 e. The molecule has 1 aliphatic rings. The summed E-state index contributed by atoms with van der Waals surface area (Å²) in [5.41, 5.74) is 0.893. The van der Waals surface area contributed by atoms with Gasteiger partial charge in [0.1, 0.15) is 11.9 Å². The average Bonchev–Trinajstić information content (AvgIpc) is 3.25. The summed E-state index contributed by atoms with van der Waals surface area (Å²) in [6.45, 7) is 2.31. The van der Waals surface area contributed by atoms with Gasteiger partial charge < -0.3 is 14.4 Å². The molecule has 7 nitrogen and oxygen atoms in total. The third-order valence-electron chi connectivity index (χ3n) is 4.52. The Labute approximate surface area is 145 Å². The van der Waals surface area contributed by atoms with Gasteiger partial charge >= 0.3 is 0 Å². The van der Waals surface area contributed by atoms with Crippen LogP contribution in [0.15, 0.2) is 41.0 Å². The first-order chi connectivity index (χ1) is 12.0. The molecule has 1 aliphatic heterocycles. The number of likely N-dealkylation sites (tertiary alicyclic amines) is 1. The number of aliphatic hydroxyl groups is 1. The zero-order valence-corrected chi connectivity index (χ0v) is 13.9. The van der Waals surface area contributed by atoms with Crippen LogP contribution in [0.5, 0.6) is 0 Å². The Morgan fingerprint density at radius 2 is 2.28 bits per heavy atom. The molecule has 2 unspecified atom stereocenters. The zero-order valence-electron chi connectivity index (χ0n) is 13.9. The topological polar surface area (TPSA) is 96.8 Å². The maximum Gasteiger partial charge on any atom is 0.270 e. The number of non-ortho nitro benzene ring substituents is 1. The van der Waals surface area contributed by atoms with E-state index in [9.17, 15) is 20.0 Å². The van der Waals surface area contributed by atoms with Crippen molar-refractivity contribution in [2.75, 3.05) is 6.54 Å². The van der Waals surface area contributed by atoms with Gasteiger partial charge in [-0.2, -0.15) is 0 Å². The van der Waals surface area contributed by atoms with E-state index in [0.29, 0.717) is 29.9 Å². The first-order valence-corrected chi connectivity index (χ1v) is 8.24. The number of amides is 1. The molecule has 0 radical (unpaired) electrons. The van der Waals surface area contributed by atoms with Crippen molar-refractivity contribution in [3.05, 3.63) is 63.6 Å². The normalized spacial score (nSPS) is 18.3. The van der Waals surface area contributed by atoms with Gasteiger partial charge in [0.15, 0.2) is 0 Å². The van der Waals surface area contributed by atoms with Gasteiger partial charge in [0.25, 0.3) is 11.6 Å². The molecule has 132 valence electrons. The molecule has 1 N–H and O–H groups in total. The molecule has 0 bridgehead atoms. The smallest absolute Gasteiger partial charge is 0.270 e. The van der Waals surface area contributed by atoms with Crippen LogP contribution < -0.4 is 0 Å². The molecule has 1 aromatic carbocycles. The second kappa shape index (κ2) is 7.06. The lowest BCUT2D eigenvalue weighted by Crippen LogP contribution is -2.36. The van der Waals surface area contributed by atoms with Crippen molar-refractivity contribution in [2.24, 2.45) is 0 Å². The van der Waals surface area contributed by atoms with E-state index in [1.807, 2.05) is 0 Å². The fourth-order valence-electron chi connectivity index (χ4n) is 3.36. The lowest BCUT2D eigenvalue weighted by atomic mass is 10.0. The first-order valence-electron chi connectivity index (χ1n) is 8.24. The molecule has 1 aromatic heterocycles. The van der Waals surface area contributed by atoms with E-state index in [1.54, 1.807) is 30.0 Å². The second-order valence-corrected chi connectivity index (χ2v) is 6.38. The summed E-state index contributed by atoms with van der Waals surface area (Å²) in [4.78, 5) is 25.1. The Kier molecular flexibility index (Phi) is 4.85. The fourth-order valence-corrected chi connectivity index (χ4v) is 3.36. The van der Waals surface area contributed by atoms with Gasteiger partial charge in [-0.05, 0) is 43.5 Å². The number of aryl methyl sites for hydroxylation is 1. The van der Waals surface area contributed by atoms with Crippen LogP contribution in [0.25, 0.3) is 0 Å². The summed E-state index contributed by atoms with van der Waals surface area (Å²) < 4.78 is 5.22. The molecule has 2 heterocycles. The van der Waals surface area contributed by atoms with E-state index in [0.717, 1.165) is 12.8 Å². The van der Waals surface area contributed by atoms with Crippen molar-refractivity contribution in [1.82, 2.24) is 4.90 Å². The van der Waals surface area contributed by atoms with Crippen LogP contribution in [0.4, 0.5) is 5.69 Å². The van der Waals surface area contributed by atoms with Crippen LogP contribution in [0, 0.1) is 17.0 Å². The summed E-state index contributed by atoms with van der Waals surface area (Å²) >= 11 is 0. The Hall–Kier alpha value is -2.67. The molecule has 7 heteroatoms. The predicted molar refractivity (Wildman–Crippen MR) is 90.2 cm³/mol. The van der Waals surface area contributed by atoms with Gasteiger partial charge in [-0.1, -0.05) is 0 Å². The number of carbonyl (C=O) groups excluding carboxylic acids is 1. The predicted octanol–water partition coefficient (Wildman–Crippen LogP) is 3.22. The summed E-state index contributed by atoms with van der Waals surface area (Å²) in [7, 11) is 0. The van der Waals surface area contributed by atoms with Crippen LogP contribution in [0.2, 0.25) is 0 Å². The number of aliphatic hydroxyl groups excluding tert-OH is 1. The molecule has 2 aromatic rings. The Bertz CT molecular complexity index is 772. The summed E-state index contributed by atoms with van der Waals surface area (Å²) in [6, 6.07) is 7.71. The third kappa shape index (κ3) is 3.71. The number of benzene rings is 1. The molecular weight excluding hydrogens is 324 g/mol. The fraction of sp³-hybridized carbons (Fsp3) is 0.389. The number of hydrogen-bond donors (Lipinski definition) is 1. The van der Waals surface area contributed by atoms with E-state index in [2.05, 4.69) is 0 Å². The number of nitrogens with zero attached hydrogens (tertiary/aromatic N) is 2. The van der Waals surface area contributed by atoms with Crippen molar-refractivity contribution in [1.29, 1.82) is 0 Å². The number of rotatable bonds is 5. The van der Waals surface area contributed by atoms with Gasteiger partial charge in [0.2, 0.25) is 0 Å². The molecule has 3 rings (SSSR count). The van der Waals surface area contributed by atoms with Crippen LogP contribution in [-0.2, 0) is 0 Å². The number of nitro benzene ring substituents is 1. The van der Waals surface area contributed by atoms with Gasteiger partial charge in [0, 0.05) is 36.7 Å². The monoisotopic (exact) mass is 344 g/mol. The van der Waals surface area contributed by atoms with E-state index in [4.69, 9.17) is 4.42 Å². The maximum atomic E-state index is 12.9. The highest BCUT2D eigenvalue weighted by atomic mass is 16.6. The van der Waals surface area contributed by atoms with E-state index in [-0.39, 0.29) is 17.6 Å². The Morgan fingerprint density at radius 1 is 1.48 bits per heavy atom. The van der Waals surface area contributed by atoms with Crippen molar-refractivity contribution in [3.8, 4) is 0 Å². The van der Waals surface area contributed by atoms with Crippen LogP contribution in [-0.4, -0.2) is 33.4 Å². The molecule has 0 saturated carbocycles. The lowest BCUT2D eigenvalue weighted by Gasteiger charge is -2.26. The average molecular weight is 344 g/mol. The van der Waals surface area contributed by atoms with Gasteiger partial charge in [-0.15, -0.1) is 0 Å². The quantitative estimate of drug-likeness (QED) is 0.663. The molecule has 25 heavy (non-hydrogen) atoms. The standard InChI is InChI=1S/C18H20N2O5/c1-12-8-13(10-15(9-12)20(23)24)18(22)19-6-2-4-14(19)11-16(21)17-5-3-7-25-17/h3,5,7-10,14,16,21H,2,4,6,11H2,1H3. The molecule has 1 saturated heterocycles. The van der Waals surface area contributed by atoms with Crippen LogP contribution in [0.3, 0.4) is 0 Å². The molecule has 1 fully saturated rings. The van der Waals surface area contributed by atoms with Crippen molar-refractivity contribution in [2.45, 2.75) is 38.3 Å². The maximum absolute atomic E-state index is 12.9. The summed E-state index contributed by atoms with van der Waals surface area (Å²) in [5.74, 6) is 0.242. The highest BCUT2D eigenvalue weighted by Gasteiger charge is 2.32. The highest BCUT2D eigenvalue weighted by Crippen LogP contribution is 2.29. The molecule has 0 spiro atoms. The van der Waals surface area contributed by atoms with E-state index < -0.39 is 11.0 Å². The summed E-state index contributed by atoms with van der Waals surface area (Å²) in [6.07, 6.45) is 2.74. The number of furan rings is 1. The Balaban J connectivity index is 1.78. The Morgan fingerprint density at radius 3 is 2.96 bits per heavy atom. The van der Waals surface area contributed by atoms with Crippen molar-refractivity contribution in [3.63, 3.8) is 0 Å². The van der Waals surface area contributed by atoms with Gasteiger partial charge in [-0.25, -0.2) is 0 Å². The SMILES string of the molecule is Cc1cc(C(=O)N2CCCC2CC(O)c2ccco2)cc([N+](=O)[O-])c1. The molecular formula is C18H20N2O5. The van der Waals surface area contributed by atoms with Crippen molar-refractivity contribution >= 4 is 11.6 Å². The minimum atomic E-state index is -0.778. The minimum Gasteiger partial charge on any atom is -0.467 e. The van der Waals surface area contributed by atoms with Crippen molar-refractivity contribution < 1.29 is 19.2 Å². The molecule has 0 aliphatic carbocycles. The minimum absolute atomic E-state index is 0.0882. The second-order valence-electron chi connectivity index (χ2n) is 6.38. The molecule has 1 amide bonds. The third-order valence-corrected chi connectivity index (χ3v) is 4.52. The van der Waals surface area contributed by atoms with Gasteiger partial charge in [0.05, 0.1) is 11.2 Å². The number of nitro groups is 1. The summed E-state index contributed by atoms with van der Waals surface area (Å²) in [5, 5.41) is 21.3. The van der Waals surface area contributed by atoms with E-state index in [1.165, 1.54) is 18.4 Å². The number of carbonyl (C=O) groups is 1. The zero-order chi connectivity index (χ0) is 18.0. The van der Waals surface area contributed by atoms with Gasteiger partial charge in [-0.3, -0.25) is 14.9 Å². The highest BCUT2D eigenvalue weighted by molar-refractivity contribution is 5.95. The lowest BCUT2D eigenvalue weighted by molar-refractivity contribution is -0.384. The number of hydrogen-bond acceptors (Lipinski definition) is 5. The molecule has 2 atom stereocenters. The van der Waals surface area contributed by atoms with Crippen LogP contribution >= 0.6 is 0 Å². The first kappa shape index (κ1) is 17.2. The van der Waals surface area contributed by atoms with Crippen LogP contribution in [0.1, 0.15) is 47.0 Å².